The molecule has 0 aliphatic heterocycles. The molecule has 0 aromatic carbocycles. The molecule has 0 amide bonds. The third-order valence-electron chi connectivity index (χ3n) is 15.7. The molecule has 0 atom stereocenters. The van der Waals surface area contributed by atoms with Crippen molar-refractivity contribution in [2.75, 3.05) is 0 Å². The minimum absolute atomic E-state index is 0.422. The molecule has 0 N–H and O–H groups in total. The Bertz CT molecular complexity index is 1860. The molecule has 0 rings (SSSR count). The van der Waals surface area contributed by atoms with E-state index in [0.717, 1.165) is 12.8 Å². The third kappa shape index (κ3) is 192. The molecule has 0 saturated carbocycles. The van der Waals surface area contributed by atoms with Crippen LogP contribution in [-0.4, -0.2) is 0 Å². The summed E-state index contributed by atoms with van der Waals surface area (Å²) in [4.78, 5) is 0. The first-order chi connectivity index (χ1) is 49.0. The van der Waals surface area contributed by atoms with E-state index in [9.17, 15) is 0 Å². The maximum Gasteiger partial charge on any atom is -0.0277 e. The highest BCUT2D eigenvalue weighted by Gasteiger charge is 2.12. The van der Waals surface area contributed by atoms with E-state index >= 15 is 0 Å². The standard InChI is InChI=1S/2C16H32.2C12H24.2C10H20.3C8H16.C7H14/c2*1-5-6-7-8-9-10-11-12-13-14-15-16(2,3)4;2*1-5-6-7-8-9-10-11-12(2,3)4;2*1-5-6-7-8-9-10(2,3)4;1-7(2)6-8(3,4)5;2*1-5-6-7-8(2,3)4;1-5-6-7(2,3)4/h2*13-14H,5-12,15H2,1-4H3;2*9-10H,5-8,11H2,1-4H3;2*7-8H,5-6,9H2,1-4H3;1,6H2,2-5H3;2*5-6H,7H2,1-4H3;5H,1,6H2,2-4H3/b14-13+;14-13-;10-9+;10-9-;8-7+;8-7-;;6-5+;6-5-;. The largest absolute Gasteiger partial charge is 0.103 e. The molecule has 0 aliphatic rings. The van der Waals surface area contributed by atoms with E-state index in [0.29, 0.717) is 54.1 Å². The van der Waals surface area contributed by atoms with Gasteiger partial charge in [0.15, 0.2) is 0 Å². The Morgan fingerprint density at radius 3 is 0.505 bits per heavy atom. The predicted molar refractivity (Wildman–Crippen MR) is 514 cm³/mol. The first-order valence-electron chi connectivity index (χ1n) is 45.3. The first kappa shape index (κ1) is 125. The minimum Gasteiger partial charge on any atom is -0.103 e. The highest BCUT2D eigenvalue weighted by atomic mass is 14.2. The second-order valence-corrected chi connectivity index (χ2v) is 43.2. The molecule has 0 saturated heterocycles. The maximum atomic E-state index is 3.84. The summed E-state index contributed by atoms with van der Waals surface area (Å²) in [5.41, 5.74) is 5.81. The second kappa shape index (κ2) is 81.4. The Morgan fingerprint density at radius 2 is 0.374 bits per heavy atom. The molecular formula is C107H214. The van der Waals surface area contributed by atoms with Crippen molar-refractivity contribution in [2.24, 2.45) is 54.1 Å². The average Bonchev–Trinajstić information content (AvgIpc) is 0.992. The van der Waals surface area contributed by atoms with Crippen LogP contribution in [0.3, 0.4) is 0 Å². The van der Waals surface area contributed by atoms with Gasteiger partial charge in [0.25, 0.3) is 0 Å². The molecule has 0 nitrogen and oxygen atoms in total. The molecule has 0 spiro atoms. The summed E-state index contributed by atoms with van der Waals surface area (Å²) < 4.78 is 0. The van der Waals surface area contributed by atoms with Crippen molar-refractivity contribution < 1.29 is 0 Å². The zero-order chi connectivity index (χ0) is 85.5. The molecule has 0 heterocycles. The molecule has 107 heavy (non-hydrogen) atoms. The molecule has 0 unspecified atom stereocenters. The van der Waals surface area contributed by atoms with Crippen LogP contribution in [0.1, 0.15) is 514 Å². The topological polar surface area (TPSA) is 0 Å². The lowest BCUT2D eigenvalue weighted by Gasteiger charge is -2.17. The molecular weight excluding hydrogens is 1290 g/mol. The van der Waals surface area contributed by atoms with Gasteiger partial charge in [0, 0.05) is 0 Å². The summed E-state index contributed by atoms with van der Waals surface area (Å²) in [5, 5.41) is 0. The van der Waals surface area contributed by atoms with Gasteiger partial charge in [0.1, 0.15) is 0 Å². The van der Waals surface area contributed by atoms with Gasteiger partial charge in [-0.15, -0.1) is 13.2 Å². The number of unbranched alkanes of at least 4 members (excludes halogenated alkanes) is 22. The van der Waals surface area contributed by atoms with E-state index in [4.69, 9.17) is 0 Å². The lowest BCUT2D eigenvalue weighted by molar-refractivity contribution is 0.410. The molecule has 0 aromatic heterocycles. The molecule has 0 aliphatic carbocycles. The summed E-state index contributed by atoms with van der Waals surface area (Å²) in [7, 11) is 0. The van der Waals surface area contributed by atoms with E-state index in [-0.39, 0.29) is 0 Å². The normalized spacial score (nSPS) is 12.5. The van der Waals surface area contributed by atoms with Gasteiger partial charge in [0.2, 0.25) is 0 Å². The lowest BCUT2D eigenvalue weighted by Crippen LogP contribution is -2.03. The molecule has 0 aromatic rings. The fraction of sp³-hybridized carbons (Fsp3) is 0.813. The van der Waals surface area contributed by atoms with E-state index < -0.39 is 0 Å². The SMILES string of the molecule is C/C=C/CC(C)(C)C.C/C=C\CC(C)(C)C.C=C(C)CC(C)(C)C.C=CCC(C)(C)C.CCC/C=C/CC(C)(C)C.CCC/C=C\CC(C)(C)C.CCCCC/C=C/CC(C)(C)C.CCCCC/C=C\CC(C)(C)C.CCCCCCCCC/C=C/CC(C)(C)C.CCCCCCCCC/C=C\CC(C)(C)C. The van der Waals surface area contributed by atoms with Crippen LogP contribution in [0.4, 0.5) is 0 Å². The van der Waals surface area contributed by atoms with E-state index in [1.807, 2.05) is 6.08 Å². The summed E-state index contributed by atoms with van der Waals surface area (Å²) >= 11 is 0. The van der Waals surface area contributed by atoms with Crippen molar-refractivity contribution in [1.29, 1.82) is 0 Å². The van der Waals surface area contributed by atoms with Gasteiger partial charge in [-0.25, -0.2) is 0 Å². The van der Waals surface area contributed by atoms with Crippen molar-refractivity contribution in [1.82, 2.24) is 0 Å². The number of hydrogen-bond donors (Lipinski definition) is 0. The van der Waals surface area contributed by atoms with Crippen LogP contribution in [0.25, 0.3) is 0 Å². The van der Waals surface area contributed by atoms with Crippen LogP contribution in [0.2, 0.25) is 0 Å². The first-order valence-corrected chi connectivity index (χ1v) is 45.3. The predicted octanol–water partition coefficient (Wildman–Crippen LogP) is 40.5. The van der Waals surface area contributed by atoms with E-state index in [1.165, 1.54) is 237 Å². The van der Waals surface area contributed by atoms with E-state index in [1.54, 1.807) is 0 Å². The van der Waals surface area contributed by atoms with Crippen molar-refractivity contribution in [3.63, 3.8) is 0 Å². The van der Waals surface area contributed by atoms with Gasteiger partial charge in [-0.3, -0.25) is 0 Å². The van der Waals surface area contributed by atoms with Gasteiger partial charge >= 0.3 is 0 Å². The smallest absolute Gasteiger partial charge is 0.0277 e. The van der Waals surface area contributed by atoms with Crippen LogP contribution in [0.15, 0.2) is 122 Å². The fourth-order valence-electron chi connectivity index (χ4n) is 9.41. The van der Waals surface area contributed by atoms with Crippen LogP contribution < -0.4 is 0 Å². The maximum absolute atomic E-state index is 3.84. The van der Waals surface area contributed by atoms with E-state index in [2.05, 4.69) is 380 Å². The van der Waals surface area contributed by atoms with Crippen LogP contribution >= 0.6 is 0 Å². The molecule has 0 bridgehead atoms. The summed E-state index contributed by atoms with van der Waals surface area (Å²) in [6, 6.07) is 0. The highest BCUT2D eigenvalue weighted by molar-refractivity contribution is 4.93. The van der Waals surface area contributed by atoms with Gasteiger partial charge in [-0.2, -0.15) is 0 Å². The van der Waals surface area contributed by atoms with Crippen LogP contribution in [0, 0.1) is 54.1 Å². The quantitative estimate of drug-likeness (QED) is 0.0427. The Morgan fingerprint density at radius 1 is 0.206 bits per heavy atom. The third-order valence-corrected chi connectivity index (χ3v) is 15.7. The van der Waals surface area contributed by atoms with Crippen molar-refractivity contribution in [3.05, 3.63) is 122 Å². The summed E-state index contributed by atoms with van der Waals surface area (Å²) in [5.74, 6) is 0. The monoisotopic (exact) mass is 1500 g/mol. The van der Waals surface area contributed by atoms with Crippen molar-refractivity contribution in [2.45, 2.75) is 514 Å². The Kier molecular flexibility index (Phi) is 95.3. The number of rotatable bonds is 38. The number of allylic oxidation sites excluding steroid dienone is 18. The highest BCUT2D eigenvalue weighted by Crippen LogP contribution is 2.26. The second-order valence-electron chi connectivity index (χ2n) is 43.2. The lowest BCUT2D eigenvalue weighted by atomic mass is 9.89. The molecule has 0 radical (unpaired) electrons. The van der Waals surface area contributed by atoms with Crippen LogP contribution in [-0.2, 0) is 0 Å². The minimum atomic E-state index is 0.422. The van der Waals surface area contributed by atoms with Gasteiger partial charge < -0.3 is 0 Å². The van der Waals surface area contributed by atoms with Gasteiger partial charge in [-0.1, -0.05) is 474 Å². The molecule has 0 fully saturated rings. The molecule has 642 valence electrons. The summed E-state index contributed by atoms with van der Waals surface area (Å²) in [6.45, 7) is 95.0. The number of hydrogen-bond acceptors (Lipinski definition) is 0. The Hall–Kier alpha value is -2.60. The zero-order valence-corrected chi connectivity index (χ0v) is 82.6. The fourth-order valence-corrected chi connectivity index (χ4v) is 9.41. The average molecular weight is 1500 g/mol. The van der Waals surface area contributed by atoms with Crippen molar-refractivity contribution >= 4 is 0 Å². The Labute approximate surface area is 686 Å². The van der Waals surface area contributed by atoms with Gasteiger partial charge in [-0.05, 0) is 203 Å². The van der Waals surface area contributed by atoms with Crippen LogP contribution in [0.5, 0.6) is 0 Å². The Balaban J connectivity index is -0.000000124. The summed E-state index contributed by atoms with van der Waals surface area (Å²) in [6.07, 6.45) is 88.4. The zero-order valence-electron chi connectivity index (χ0n) is 82.6. The van der Waals surface area contributed by atoms with Gasteiger partial charge in [0.05, 0.1) is 0 Å². The molecule has 0 heteroatoms. The van der Waals surface area contributed by atoms with Crippen molar-refractivity contribution in [3.8, 4) is 0 Å².